The summed E-state index contributed by atoms with van der Waals surface area (Å²) in [6, 6.07) is 2.17. The molecule has 0 unspecified atom stereocenters. The van der Waals surface area contributed by atoms with E-state index in [1.54, 1.807) is 0 Å². The molecule has 0 bridgehead atoms. The van der Waals surface area contributed by atoms with Crippen LogP contribution in [0.2, 0.25) is 0 Å². The molecule has 1 saturated carbocycles. The van der Waals surface area contributed by atoms with Crippen molar-refractivity contribution in [3.8, 4) is 0 Å². The number of anilines is 1. The van der Waals surface area contributed by atoms with E-state index in [0.717, 1.165) is 25.1 Å². The van der Waals surface area contributed by atoms with Gasteiger partial charge in [-0.25, -0.2) is 4.98 Å². The van der Waals surface area contributed by atoms with E-state index in [9.17, 15) is 22.8 Å². The number of nitrogens with zero attached hydrogens (tertiary/aromatic N) is 1. The first kappa shape index (κ1) is 21.0. The number of rotatable bonds is 8. The zero-order valence-corrected chi connectivity index (χ0v) is 15.1. The summed E-state index contributed by atoms with van der Waals surface area (Å²) in [6.45, 7) is 0.490. The van der Waals surface area contributed by atoms with Gasteiger partial charge in [-0.15, -0.1) is 0 Å². The lowest BCUT2D eigenvalue weighted by Crippen LogP contribution is -2.39. The smallest absolute Gasteiger partial charge is 0.368 e. The molecule has 2 rings (SSSR count). The van der Waals surface area contributed by atoms with Crippen LogP contribution in [-0.2, 0) is 15.8 Å². The fourth-order valence-corrected chi connectivity index (χ4v) is 3.03. The molecule has 1 aliphatic carbocycles. The van der Waals surface area contributed by atoms with Crippen LogP contribution in [0.1, 0.15) is 44.1 Å². The van der Waals surface area contributed by atoms with E-state index in [2.05, 4.69) is 20.9 Å². The molecule has 27 heavy (non-hydrogen) atoms. The summed E-state index contributed by atoms with van der Waals surface area (Å²) in [5, 5.41) is 8.06. The minimum absolute atomic E-state index is 0.0793. The minimum Gasteiger partial charge on any atom is -0.368 e. The third kappa shape index (κ3) is 7.84. The first-order chi connectivity index (χ1) is 12.8. The van der Waals surface area contributed by atoms with Crippen molar-refractivity contribution in [1.29, 1.82) is 0 Å². The second-order valence-corrected chi connectivity index (χ2v) is 6.69. The van der Waals surface area contributed by atoms with Crippen molar-refractivity contribution in [3.63, 3.8) is 0 Å². The van der Waals surface area contributed by atoms with Gasteiger partial charge in [-0.3, -0.25) is 9.59 Å². The molecule has 1 fully saturated rings. The van der Waals surface area contributed by atoms with E-state index in [0.29, 0.717) is 18.9 Å². The number of alkyl halides is 3. The number of aromatic nitrogens is 1. The van der Waals surface area contributed by atoms with E-state index < -0.39 is 11.7 Å². The Morgan fingerprint density at radius 3 is 2.41 bits per heavy atom. The summed E-state index contributed by atoms with van der Waals surface area (Å²) < 4.78 is 37.3. The third-order valence-electron chi connectivity index (χ3n) is 4.49. The van der Waals surface area contributed by atoms with Crippen LogP contribution in [0.15, 0.2) is 18.3 Å². The van der Waals surface area contributed by atoms with Crippen LogP contribution in [0, 0.1) is 5.92 Å². The van der Waals surface area contributed by atoms with Crippen molar-refractivity contribution < 1.29 is 22.8 Å². The first-order valence-electron chi connectivity index (χ1n) is 9.15. The van der Waals surface area contributed by atoms with E-state index in [1.165, 1.54) is 25.3 Å². The van der Waals surface area contributed by atoms with E-state index in [1.807, 2.05) is 0 Å². The van der Waals surface area contributed by atoms with Crippen LogP contribution < -0.4 is 16.0 Å². The summed E-state index contributed by atoms with van der Waals surface area (Å²) in [6.07, 6.45) is 2.51. The monoisotopic (exact) mass is 386 g/mol. The standard InChI is InChI=1S/C18H25F3N4O2/c19-18(20,21)14-6-7-15(24-11-14)22-8-9-23-17(27)12-25-16(26)10-13-4-2-1-3-5-13/h6-7,11,13H,1-5,8-10,12H2,(H,22,24)(H,23,27)(H,25,26). The summed E-state index contributed by atoms with van der Waals surface area (Å²) >= 11 is 0. The van der Waals surface area contributed by atoms with Gasteiger partial charge in [0.25, 0.3) is 0 Å². The Morgan fingerprint density at radius 1 is 1.04 bits per heavy atom. The summed E-state index contributed by atoms with van der Waals surface area (Å²) in [4.78, 5) is 27.2. The van der Waals surface area contributed by atoms with Gasteiger partial charge < -0.3 is 16.0 Å². The maximum absolute atomic E-state index is 12.4. The fraction of sp³-hybridized carbons (Fsp3) is 0.611. The molecule has 3 N–H and O–H groups in total. The highest BCUT2D eigenvalue weighted by Crippen LogP contribution is 2.28. The SMILES string of the molecule is O=C(CNC(=O)CC1CCCCC1)NCCNc1ccc(C(F)(F)F)cn1. The van der Waals surface area contributed by atoms with Crippen LogP contribution in [0.3, 0.4) is 0 Å². The number of hydrogen-bond donors (Lipinski definition) is 3. The van der Waals surface area contributed by atoms with Crippen LogP contribution in [0.4, 0.5) is 19.0 Å². The number of nitrogens with one attached hydrogen (secondary N) is 3. The van der Waals surface area contributed by atoms with Gasteiger partial charge in [0.2, 0.25) is 11.8 Å². The quantitative estimate of drug-likeness (QED) is 0.600. The summed E-state index contributed by atoms with van der Waals surface area (Å²) in [5.41, 5.74) is -0.815. The van der Waals surface area contributed by atoms with Gasteiger partial charge in [-0.2, -0.15) is 13.2 Å². The molecular formula is C18H25F3N4O2. The first-order valence-corrected chi connectivity index (χ1v) is 9.15. The maximum atomic E-state index is 12.4. The molecule has 0 saturated heterocycles. The molecule has 0 aromatic carbocycles. The normalized spacial score (nSPS) is 15.2. The average Bonchev–Trinajstić information content (AvgIpc) is 2.64. The molecule has 1 aromatic rings. The third-order valence-corrected chi connectivity index (χ3v) is 4.49. The molecule has 1 aliphatic rings. The van der Waals surface area contributed by atoms with Gasteiger partial charge in [-0.1, -0.05) is 19.3 Å². The van der Waals surface area contributed by atoms with Crippen molar-refractivity contribution in [3.05, 3.63) is 23.9 Å². The Labute approximate surface area is 156 Å². The Bertz CT molecular complexity index is 614. The van der Waals surface area contributed by atoms with Crippen LogP contribution in [0.5, 0.6) is 0 Å². The Balaban J connectivity index is 1.57. The Kier molecular flexibility index (Phi) is 7.87. The largest absolute Gasteiger partial charge is 0.417 e. The summed E-state index contributed by atoms with van der Waals surface area (Å²) in [5.74, 6) is 0.290. The molecule has 0 atom stereocenters. The van der Waals surface area contributed by atoms with Gasteiger partial charge in [0.15, 0.2) is 0 Å². The number of pyridine rings is 1. The lowest BCUT2D eigenvalue weighted by Gasteiger charge is -2.20. The highest BCUT2D eigenvalue weighted by atomic mass is 19.4. The van der Waals surface area contributed by atoms with Gasteiger partial charge in [-0.05, 0) is 30.9 Å². The van der Waals surface area contributed by atoms with Gasteiger partial charge in [0, 0.05) is 25.7 Å². The molecule has 0 aliphatic heterocycles. The number of carbonyl (C=O) groups is 2. The lowest BCUT2D eigenvalue weighted by atomic mass is 9.87. The summed E-state index contributed by atoms with van der Waals surface area (Å²) in [7, 11) is 0. The van der Waals surface area contributed by atoms with Crippen molar-refractivity contribution in [2.45, 2.75) is 44.7 Å². The van der Waals surface area contributed by atoms with E-state index >= 15 is 0 Å². The van der Waals surface area contributed by atoms with E-state index in [-0.39, 0.29) is 30.7 Å². The van der Waals surface area contributed by atoms with Crippen LogP contribution >= 0.6 is 0 Å². The highest BCUT2D eigenvalue weighted by Gasteiger charge is 2.30. The molecule has 2 amide bonds. The fourth-order valence-electron chi connectivity index (χ4n) is 3.03. The molecule has 0 radical (unpaired) electrons. The topological polar surface area (TPSA) is 83.1 Å². The minimum atomic E-state index is -4.42. The maximum Gasteiger partial charge on any atom is 0.417 e. The van der Waals surface area contributed by atoms with E-state index in [4.69, 9.17) is 0 Å². The Hall–Kier alpha value is -2.32. The number of hydrogen-bond acceptors (Lipinski definition) is 4. The van der Waals surface area contributed by atoms with Crippen molar-refractivity contribution >= 4 is 17.6 Å². The van der Waals surface area contributed by atoms with Gasteiger partial charge >= 0.3 is 6.18 Å². The zero-order chi connectivity index (χ0) is 19.7. The van der Waals surface area contributed by atoms with Crippen molar-refractivity contribution in [2.75, 3.05) is 25.0 Å². The average molecular weight is 386 g/mol. The predicted octanol–water partition coefficient (Wildman–Crippen LogP) is 2.72. The molecule has 0 spiro atoms. The van der Waals surface area contributed by atoms with Crippen molar-refractivity contribution in [2.24, 2.45) is 5.92 Å². The second-order valence-electron chi connectivity index (χ2n) is 6.69. The molecule has 1 aromatic heterocycles. The second kappa shape index (κ2) is 10.1. The predicted molar refractivity (Wildman–Crippen MR) is 94.9 cm³/mol. The van der Waals surface area contributed by atoms with Crippen LogP contribution in [0.25, 0.3) is 0 Å². The molecule has 6 nitrogen and oxygen atoms in total. The highest BCUT2D eigenvalue weighted by molar-refractivity contribution is 5.84. The Morgan fingerprint density at radius 2 is 1.78 bits per heavy atom. The zero-order valence-electron chi connectivity index (χ0n) is 15.1. The lowest BCUT2D eigenvalue weighted by molar-refractivity contribution is -0.137. The number of halogens is 3. The van der Waals surface area contributed by atoms with Gasteiger partial charge in [0.05, 0.1) is 12.1 Å². The van der Waals surface area contributed by atoms with Gasteiger partial charge in [0.1, 0.15) is 5.82 Å². The van der Waals surface area contributed by atoms with Crippen LogP contribution in [-0.4, -0.2) is 36.4 Å². The molecule has 150 valence electrons. The molecular weight excluding hydrogens is 361 g/mol. The number of amides is 2. The van der Waals surface area contributed by atoms with Crippen molar-refractivity contribution in [1.82, 2.24) is 15.6 Å². The molecule has 9 heteroatoms. The number of carbonyl (C=O) groups excluding carboxylic acids is 2. The molecule has 1 heterocycles.